The van der Waals surface area contributed by atoms with Crippen LogP contribution in [0.4, 0.5) is 5.69 Å². The predicted octanol–water partition coefficient (Wildman–Crippen LogP) is 3.21. The molecule has 3 nitrogen and oxygen atoms in total. The lowest BCUT2D eigenvalue weighted by Gasteiger charge is -2.21. The first-order valence-electron chi connectivity index (χ1n) is 5.49. The van der Waals surface area contributed by atoms with Crippen molar-refractivity contribution in [2.45, 2.75) is 39.7 Å². The van der Waals surface area contributed by atoms with E-state index >= 15 is 0 Å². The molecular formula is C13H19NO2. The quantitative estimate of drug-likeness (QED) is 0.851. The molecule has 0 unspecified atom stereocenters. The normalized spacial score (nSPS) is 11.0. The van der Waals surface area contributed by atoms with Crippen LogP contribution >= 0.6 is 0 Å². The van der Waals surface area contributed by atoms with E-state index in [0.29, 0.717) is 6.42 Å². The zero-order chi connectivity index (χ0) is 12.2. The maximum Gasteiger partial charge on any atom is 0.224 e. The Bertz CT molecular complexity index is 349. The Morgan fingerprint density at radius 3 is 2.25 bits per heavy atom. The third kappa shape index (κ3) is 4.34. The predicted molar refractivity (Wildman–Crippen MR) is 65.7 cm³/mol. The van der Waals surface area contributed by atoms with E-state index in [-0.39, 0.29) is 11.5 Å². The molecule has 0 fully saturated rings. The fraction of sp³-hybridized carbons (Fsp3) is 0.462. The van der Waals surface area contributed by atoms with Gasteiger partial charge in [0.1, 0.15) is 11.4 Å². The molecule has 1 aromatic rings. The van der Waals surface area contributed by atoms with Crippen LogP contribution in [0.15, 0.2) is 24.3 Å². The van der Waals surface area contributed by atoms with Crippen molar-refractivity contribution in [2.24, 2.45) is 0 Å². The Hall–Kier alpha value is -1.51. The Balaban J connectivity index is 2.64. The highest BCUT2D eigenvalue weighted by atomic mass is 16.5. The number of amides is 1. The SMILES string of the molecule is CCC(=O)Nc1ccc(OC(C)(C)C)cc1. The van der Waals surface area contributed by atoms with Crippen molar-refractivity contribution in [2.75, 3.05) is 5.32 Å². The number of hydrogen-bond donors (Lipinski definition) is 1. The zero-order valence-corrected chi connectivity index (χ0v) is 10.3. The third-order valence-corrected chi connectivity index (χ3v) is 1.88. The van der Waals surface area contributed by atoms with Gasteiger partial charge >= 0.3 is 0 Å². The first-order chi connectivity index (χ1) is 7.40. The van der Waals surface area contributed by atoms with E-state index in [1.165, 1.54) is 0 Å². The van der Waals surface area contributed by atoms with Crippen LogP contribution in [0.5, 0.6) is 5.75 Å². The highest BCUT2D eigenvalue weighted by Gasteiger charge is 2.11. The average molecular weight is 221 g/mol. The zero-order valence-electron chi connectivity index (χ0n) is 10.3. The van der Waals surface area contributed by atoms with E-state index in [4.69, 9.17) is 4.74 Å². The van der Waals surface area contributed by atoms with Gasteiger partial charge in [0.15, 0.2) is 0 Å². The number of carbonyl (C=O) groups excluding carboxylic acids is 1. The number of nitrogens with one attached hydrogen (secondary N) is 1. The van der Waals surface area contributed by atoms with Gasteiger partial charge in [0.25, 0.3) is 0 Å². The van der Waals surface area contributed by atoms with Gasteiger partial charge in [-0.05, 0) is 45.0 Å². The molecule has 0 aliphatic heterocycles. The molecule has 0 aliphatic rings. The van der Waals surface area contributed by atoms with E-state index in [1.807, 2.05) is 52.0 Å². The van der Waals surface area contributed by atoms with Crippen molar-refractivity contribution in [3.63, 3.8) is 0 Å². The second kappa shape index (κ2) is 5.01. The third-order valence-electron chi connectivity index (χ3n) is 1.88. The second-order valence-electron chi connectivity index (χ2n) is 4.64. The number of carbonyl (C=O) groups is 1. The van der Waals surface area contributed by atoms with Gasteiger partial charge in [0, 0.05) is 12.1 Å². The molecule has 0 spiro atoms. The summed E-state index contributed by atoms with van der Waals surface area (Å²) in [5.74, 6) is 0.825. The van der Waals surface area contributed by atoms with Gasteiger partial charge < -0.3 is 10.1 Å². The highest BCUT2D eigenvalue weighted by molar-refractivity contribution is 5.90. The van der Waals surface area contributed by atoms with Crippen LogP contribution in [0.25, 0.3) is 0 Å². The first-order valence-corrected chi connectivity index (χ1v) is 5.49. The Labute approximate surface area is 96.8 Å². The maximum absolute atomic E-state index is 11.2. The summed E-state index contributed by atoms with van der Waals surface area (Å²) in [5, 5.41) is 2.79. The lowest BCUT2D eigenvalue weighted by Crippen LogP contribution is -2.22. The summed E-state index contributed by atoms with van der Waals surface area (Å²) in [6.45, 7) is 7.83. The number of rotatable bonds is 3. The van der Waals surface area contributed by atoms with Gasteiger partial charge in [-0.2, -0.15) is 0 Å². The van der Waals surface area contributed by atoms with Crippen molar-refractivity contribution in [3.8, 4) is 5.75 Å². The van der Waals surface area contributed by atoms with Gasteiger partial charge in [0.05, 0.1) is 0 Å². The summed E-state index contributed by atoms with van der Waals surface area (Å²) < 4.78 is 5.68. The van der Waals surface area contributed by atoms with Gasteiger partial charge in [-0.1, -0.05) is 6.92 Å². The monoisotopic (exact) mass is 221 g/mol. The number of anilines is 1. The largest absolute Gasteiger partial charge is 0.488 e. The minimum atomic E-state index is -0.200. The van der Waals surface area contributed by atoms with Crippen molar-refractivity contribution in [3.05, 3.63) is 24.3 Å². The molecule has 0 aromatic heterocycles. The van der Waals surface area contributed by atoms with Crippen LogP contribution in [0.3, 0.4) is 0 Å². The molecule has 0 heterocycles. The van der Waals surface area contributed by atoms with Crippen LogP contribution in [0.2, 0.25) is 0 Å². The average Bonchev–Trinajstić information content (AvgIpc) is 2.18. The van der Waals surface area contributed by atoms with Crippen molar-refractivity contribution >= 4 is 11.6 Å². The Kier molecular flexibility index (Phi) is 3.93. The highest BCUT2D eigenvalue weighted by Crippen LogP contribution is 2.20. The summed E-state index contributed by atoms with van der Waals surface area (Å²) in [6, 6.07) is 7.40. The van der Waals surface area contributed by atoms with Crippen molar-refractivity contribution in [1.82, 2.24) is 0 Å². The van der Waals surface area contributed by atoms with Crippen LogP contribution in [-0.2, 0) is 4.79 Å². The van der Waals surface area contributed by atoms with E-state index in [1.54, 1.807) is 0 Å². The fourth-order valence-corrected chi connectivity index (χ4v) is 1.21. The minimum absolute atomic E-state index is 0.0180. The fourth-order valence-electron chi connectivity index (χ4n) is 1.21. The molecule has 0 saturated heterocycles. The molecule has 16 heavy (non-hydrogen) atoms. The molecule has 1 aromatic carbocycles. The maximum atomic E-state index is 11.2. The van der Waals surface area contributed by atoms with Gasteiger partial charge in [-0.15, -0.1) is 0 Å². The van der Waals surface area contributed by atoms with Gasteiger partial charge in [-0.3, -0.25) is 4.79 Å². The lowest BCUT2D eigenvalue weighted by atomic mass is 10.2. The number of hydrogen-bond acceptors (Lipinski definition) is 2. The summed E-state index contributed by atoms with van der Waals surface area (Å²) in [7, 11) is 0. The minimum Gasteiger partial charge on any atom is -0.488 e. The molecule has 0 radical (unpaired) electrons. The van der Waals surface area contributed by atoms with E-state index < -0.39 is 0 Å². The number of benzene rings is 1. The van der Waals surface area contributed by atoms with Crippen LogP contribution in [0.1, 0.15) is 34.1 Å². The first kappa shape index (κ1) is 12.6. The van der Waals surface area contributed by atoms with Gasteiger partial charge in [-0.25, -0.2) is 0 Å². The molecule has 1 N–H and O–H groups in total. The summed E-state index contributed by atoms with van der Waals surface area (Å²) in [4.78, 5) is 11.2. The molecule has 0 atom stereocenters. The van der Waals surface area contributed by atoms with Crippen molar-refractivity contribution < 1.29 is 9.53 Å². The van der Waals surface area contributed by atoms with Gasteiger partial charge in [0.2, 0.25) is 5.91 Å². The number of ether oxygens (including phenoxy) is 1. The molecule has 88 valence electrons. The van der Waals surface area contributed by atoms with Crippen LogP contribution in [0, 0.1) is 0 Å². The molecule has 0 saturated carbocycles. The van der Waals surface area contributed by atoms with Crippen molar-refractivity contribution in [1.29, 1.82) is 0 Å². The molecule has 1 rings (SSSR count). The Morgan fingerprint density at radius 2 is 1.81 bits per heavy atom. The van der Waals surface area contributed by atoms with Crippen LogP contribution in [-0.4, -0.2) is 11.5 Å². The second-order valence-corrected chi connectivity index (χ2v) is 4.64. The molecular weight excluding hydrogens is 202 g/mol. The lowest BCUT2D eigenvalue weighted by molar-refractivity contribution is -0.115. The molecule has 0 aliphatic carbocycles. The summed E-state index contributed by atoms with van der Waals surface area (Å²) in [6.07, 6.45) is 0.486. The van der Waals surface area contributed by atoms with E-state index in [9.17, 15) is 4.79 Å². The van der Waals surface area contributed by atoms with E-state index in [0.717, 1.165) is 11.4 Å². The molecule has 3 heteroatoms. The molecule has 1 amide bonds. The smallest absolute Gasteiger partial charge is 0.224 e. The summed E-state index contributed by atoms with van der Waals surface area (Å²) in [5.41, 5.74) is 0.599. The molecule has 0 bridgehead atoms. The van der Waals surface area contributed by atoms with E-state index in [2.05, 4.69) is 5.32 Å². The summed E-state index contributed by atoms with van der Waals surface area (Å²) >= 11 is 0. The standard InChI is InChI=1S/C13H19NO2/c1-5-12(15)14-10-6-8-11(9-7-10)16-13(2,3)4/h6-9H,5H2,1-4H3,(H,14,15). The van der Waals surface area contributed by atoms with Crippen LogP contribution < -0.4 is 10.1 Å². The Morgan fingerprint density at radius 1 is 1.25 bits per heavy atom. The topological polar surface area (TPSA) is 38.3 Å².